The third kappa shape index (κ3) is 2.01. The van der Waals surface area contributed by atoms with Crippen LogP contribution in [0.25, 0.3) is 11.4 Å². The Labute approximate surface area is 111 Å². The Kier molecular flexibility index (Phi) is 3.03. The van der Waals surface area contributed by atoms with Crippen molar-refractivity contribution in [3.8, 4) is 11.4 Å². The summed E-state index contributed by atoms with van der Waals surface area (Å²) in [7, 11) is 1.43. The van der Waals surface area contributed by atoms with E-state index in [9.17, 15) is 4.79 Å². The van der Waals surface area contributed by atoms with Gasteiger partial charge < -0.3 is 9.30 Å². The van der Waals surface area contributed by atoms with Crippen molar-refractivity contribution in [2.24, 2.45) is 0 Å². The molecule has 3 rings (SSSR count). The van der Waals surface area contributed by atoms with Crippen LogP contribution in [0.4, 0.5) is 0 Å². The number of imidazole rings is 1. The molecular formula is C14H15N3O2. The van der Waals surface area contributed by atoms with E-state index in [1.165, 1.54) is 7.11 Å². The molecule has 1 aliphatic rings. The van der Waals surface area contributed by atoms with Gasteiger partial charge in [-0.2, -0.15) is 0 Å². The molecule has 1 unspecified atom stereocenters. The highest BCUT2D eigenvalue weighted by atomic mass is 16.5. The zero-order valence-corrected chi connectivity index (χ0v) is 10.7. The maximum absolute atomic E-state index is 11.8. The van der Waals surface area contributed by atoms with Gasteiger partial charge in [0.2, 0.25) is 0 Å². The van der Waals surface area contributed by atoms with Gasteiger partial charge in [-0.1, -0.05) is 0 Å². The van der Waals surface area contributed by atoms with E-state index in [0.717, 1.165) is 36.5 Å². The number of rotatable bonds is 2. The van der Waals surface area contributed by atoms with Gasteiger partial charge in [0.25, 0.3) is 0 Å². The first-order valence-corrected chi connectivity index (χ1v) is 6.35. The number of hydrogen-bond donors (Lipinski definition) is 0. The summed E-state index contributed by atoms with van der Waals surface area (Å²) >= 11 is 0. The second-order valence-corrected chi connectivity index (χ2v) is 4.62. The quantitative estimate of drug-likeness (QED) is 0.772. The molecule has 2 aromatic heterocycles. The average molecular weight is 257 g/mol. The van der Waals surface area contributed by atoms with Crippen LogP contribution >= 0.6 is 0 Å². The molecule has 0 spiro atoms. The van der Waals surface area contributed by atoms with Crippen molar-refractivity contribution >= 4 is 5.97 Å². The van der Waals surface area contributed by atoms with Crippen molar-refractivity contribution in [2.75, 3.05) is 7.11 Å². The number of ether oxygens (including phenoxy) is 1. The maximum Gasteiger partial charge on any atom is 0.314 e. The highest BCUT2D eigenvalue weighted by molar-refractivity contribution is 5.78. The highest BCUT2D eigenvalue weighted by Crippen LogP contribution is 2.32. The van der Waals surface area contributed by atoms with E-state index >= 15 is 0 Å². The van der Waals surface area contributed by atoms with Crippen molar-refractivity contribution in [1.82, 2.24) is 14.5 Å². The first-order valence-electron chi connectivity index (χ1n) is 6.35. The van der Waals surface area contributed by atoms with E-state index in [0.29, 0.717) is 0 Å². The molecule has 0 aliphatic carbocycles. The predicted molar refractivity (Wildman–Crippen MR) is 69.4 cm³/mol. The van der Waals surface area contributed by atoms with E-state index in [-0.39, 0.29) is 11.9 Å². The molecule has 0 radical (unpaired) electrons. The molecule has 5 nitrogen and oxygen atoms in total. The van der Waals surface area contributed by atoms with E-state index < -0.39 is 0 Å². The molecule has 19 heavy (non-hydrogen) atoms. The van der Waals surface area contributed by atoms with Gasteiger partial charge in [-0.05, 0) is 25.0 Å². The number of pyridine rings is 1. The summed E-state index contributed by atoms with van der Waals surface area (Å²) in [5, 5.41) is 0. The van der Waals surface area contributed by atoms with Crippen LogP contribution in [0.3, 0.4) is 0 Å². The fourth-order valence-corrected chi connectivity index (χ4v) is 2.61. The molecule has 1 aliphatic heterocycles. The van der Waals surface area contributed by atoms with Crippen LogP contribution in [0.5, 0.6) is 0 Å². The molecular weight excluding hydrogens is 242 g/mol. The van der Waals surface area contributed by atoms with Gasteiger partial charge >= 0.3 is 5.97 Å². The van der Waals surface area contributed by atoms with Crippen LogP contribution < -0.4 is 0 Å². The summed E-state index contributed by atoms with van der Waals surface area (Å²) in [4.78, 5) is 20.4. The fraction of sp³-hybridized carbons (Fsp3) is 0.357. The lowest BCUT2D eigenvalue weighted by molar-refractivity contribution is -0.143. The maximum atomic E-state index is 11.8. The number of nitrogens with zero attached hydrogens (tertiary/aromatic N) is 3. The third-order valence-electron chi connectivity index (χ3n) is 3.52. The molecule has 0 fully saturated rings. The van der Waals surface area contributed by atoms with Crippen LogP contribution in [-0.4, -0.2) is 27.6 Å². The van der Waals surface area contributed by atoms with Crippen molar-refractivity contribution in [1.29, 1.82) is 0 Å². The minimum absolute atomic E-state index is 0.182. The topological polar surface area (TPSA) is 57.0 Å². The summed E-state index contributed by atoms with van der Waals surface area (Å²) in [6.07, 6.45) is 7.09. The number of methoxy groups -OCH3 is 1. The molecule has 0 bridgehead atoms. The minimum Gasteiger partial charge on any atom is -0.469 e. The molecule has 1 atom stereocenters. The molecule has 0 N–H and O–H groups in total. The summed E-state index contributed by atoms with van der Waals surface area (Å²) in [5.41, 5.74) is 1.91. The highest BCUT2D eigenvalue weighted by Gasteiger charge is 2.29. The van der Waals surface area contributed by atoms with E-state index in [4.69, 9.17) is 4.74 Å². The standard InChI is InChI=1S/C14H15N3O2/c1-19-14(18)11-5-3-7-17-12(11)9-16-13(17)10-4-2-6-15-8-10/h2,4,6,8-9,11H,3,5,7H2,1H3. The second-order valence-electron chi connectivity index (χ2n) is 4.62. The SMILES string of the molecule is COC(=O)C1CCCn2c1cnc2-c1cccnc1. The largest absolute Gasteiger partial charge is 0.469 e. The van der Waals surface area contributed by atoms with Crippen LogP contribution in [0.15, 0.2) is 30.7 Å². The molecule has 0 amide bonds. The Bertz CT molecular complexity index is 592. The van der Waals surface area contributed by atoms with Gasteiger partial charge in [0.1, 0.15) is 5.82 Å². The van der Waals surface area contributed by atoms with Crippen LogP contribution in [0.2, 0.25) is 0 Å². The fourth-order valence-electron chi connectivity index (χ4n) is 2.61. The lowest BCUT2D eigenvalue weighted by Crippen LogP contribution is -2.23. The summed E-state index contributed by atoms with van der Waals surface area (Å²) in [5.74, 6) is 0.493. The Morgan fingerprint density at radius 3 is 3.11 bits per heavy atom. The molecule has 98 valence electrons. The molecule has 2 aromatic rings. The van der Waals surface area contributed by atoms with Gasteiger partial charge in [-0.25, -0.2) is 4.98 Å². The molecule has 3 heterocycles. The summed E-state index contributed by atoms with van der Waals surface area (Å²) in [6.45, 7) is 0.882. The smallest absolute Gasteiger partial charge is 0.314 e. The van der Waals surface area contributed by atoms with Gasteiger partial charge in [0.05, 0.1) is 18.7 Å². The van der Waals surface area contributed by atoms with E-state index in [2.05, 4.69) is 14.5 Å². The second kappa shape index (κ2) is 4.84. The zero-order chi connectivity index (χ0) is 13.2. The number of aromatic nitrogens is 3. The number of fused-ring (bicyclic) bond motifs is 1. The van der Waals surface area contributed by atoms with Gasteiger partial charge in [-0.3, -0.25) is 9.78 Å². The summed E-state index contributed by atoms with van der Waals surface area (Å²) in [6, 6.07) is 3.86. The van der Waals surface area contributed by atoms with E-state index in [1.54, 1.807) is 18.6 Å². The third-order valence-corrected chi connectivity index (χ3v) is 3.52. The van der Waals surface area contributed by atoms with Crippen molar-refractivity contribution in [3.63, 3.8) is 0 Å². The molecule has 0 saturated heterocycles. The predicted octanol–water partition coefficient (Wildman–Crippen LogP) is 2.00. The Hall–Kier alpha value is -2.17. The van der Waals surface area contributed by atoms with Crippen molar-refractivity contribution in [3.05, 3.63) is 36.4 Å². The number of carbonyl (C=O) groups is 1. The lowest BCUT2D eigenvalue weighted by atomic mass is 9.96. The molecule has 0 aromatic carbocycles. The van der Waals surface area contributed by atoms with Gasteiger partial charge in [-0.15, -0.1) is 0 Å². The summed E-state index contributed by atoms with van der Waals surface area (Å²) < 4.78 is 6.97. The van der Waals surface area contributed by atoms with Gasteiger partial charge in [0, 0.05) is 30.7 Å². The number of carbonyl (C=O) groups excluding carboxylic acids is 1. The van der Waals surface area contributed by atoms with Crippen molar-refractivity contribution < 1.29 is 9.53 Å². The first kappa shape index (κ1) is 11.9. The Morgan fingerprint density at radius 1 is 1.47 bits per heavy atom. The van der Waals surface area contributed by atoms with Crippen LogP contribution in [0, 0.1) is 0 Å². The normalized spacial score (nSPS) is 17.8. The monoisotopic (exact) mass is 257 g/mol. The zero-order valence-electron chi connectivity index (χ0n) is 10.7. The minimum atomic E-state index is -0.198. The Balaban J connectivity index is 2.03. The van der Waals surface area contributed by atoms with Crippen LogP contribution in [-0.2, 0) is 16.1 Å². The first-order chi connectivity index (χ1) is 9.31. The van der Waals surface area contributed by atoms with Gasteiger partial charge in [0.15, 0.2) is 0 Å². The van der Waals surface area contributed by atoms with Crippen molar-refractivity contribution in [2.45, 2.75) is 25.3 Å². The Morgan fingerprint density at radius 2 is 2.37 bits per heavy atom. The number of hydrogen-bond acceptors (Lipinski definition) is 4. The van der Waals surface area contributed by atoms with E-state index in [1.807, 2.05) is 12.1 Å². The lowest BCUT2D eigenvalue weighted by Gasteiger charge is -2.23. The average Bonchev–Trinajstić information content (AvgIpc) is 2.91. The molecule has 5 heteroatoms. The molecule has 0 saturated carbocycles. The van der Waals surface area contributed by atoms with Crippen LogP contribution in [0.1, 0.15) is 24.5 Å². The number of esters is 1.